The molecule has 0 saturated carbocycles. The Morgan fingerprint density at radius 2 is 1.84 bits per heavy atom. The summed E-state index contributed by atoms with van der Waals surface area (Å²) in [6.45, 7) is 0. The van der Waals surface area contributed by atoms with Crippen molar-refractivity contribution in [1.29, 1.82) is 0 Å². The van der Waals surface area contributed by atoms with E-state index < -0.39 is 38.2 Å². The Morgan fingerprint density at radius 3 is 2.21 bits per heavy atom. The fourth-order valence-electron chi connectivity index (χ4n) is 1.22. The first-order valence-electron chi connectivity index (χ1n) is 4.39. The summed E-state index contributed by atoms with van der Waals surface area (Å²) in [5.41, 5.74) is -1.93. The molecule has 0 fully saturated rings. The first kappa shape index (κ1) is 18.0. The summed E-state index contributed by atoms with van der Waals surface area (Å²) in [5.74, 6) is -1.22. The molecular weight excluding hydrogens is 282 g/mol. The Balaban J connectivity index is 0.00000324. The number of esters is 1. The predicted molar refractivity (Wildman–Crippen MR) is 61.3 cm³/mol. The third-order valence-corrected chi connectivity index (χ3v) is 2.99. The molecule has 0 amide bonds. The normalized spacial score (nSPS) is 11.6. The van der Waals surface area contributed by atoms with Crippen molar-refractivity contribution in [3.63, 3.8) is 0 Å². The van der Waals surface area contributed by atoms with E-state index >= 15 is 0 Å². The Morgan fingerprint density at radius 1 is 1.32 bits per heavy atom. The second-order valence-electron chi connectivity index (χ2n) is 3.25. The third-order valence-electron chi connectivity index (χ3n) is 2.02. The summed E-state index contributed by atoms with van der Waals surface area (Å²) < 4.78 is 63.8. The van der Waals surface area contributed by atoms with Crippen LogP contribution in [0.25, 0.3) is 0 Å². The van der Waals surface area contributed by atoms with Gasteiger partial charge in [-0.1, -0.05) is 0 Å². The maximum absolute atomic E-state index is 12.4. The van der Waals surface area contributed by atoms with E-state index in [-0.39, 0.29) is 18.9 Å². The quantitative estimate of drug-likeness (QED) is 0.634. The van der Waals surface area contributed by atoms with Gasteiger partial charge in [-0.25, -0.2) is 18.4 Å². The number of alkyl halides is 3. The van der Waals surface area contributed by atoms with Crippen molar-refractivity contribution in [3.8, 4) is 0 Å². The number of nitrogens with two attached hydrogens (primary N) is 1. The molecule has 0 aliphatic rings. The van der Waals surface area contributed by atoms with Crippen molar-refractivity contribution in [1.82, 2.24) is 0 Å². The van der Waals surface area contributed by atoms with Crippen LogP contribution in [-0.2, 0) is 20.9 Å². The zero-order valence-electron chi connectivity index (χ0n) is 8.98. The number of hydrogen-bond donors (Lipinski definition) is 1. The predicted octanol–water partition coefficient (Wildman–Crippen LogP) is 0.491. The number of ether oxygens (including phenoxy) is 1. The van der Waals surface area contributed by atoms with Crippen molar-refractivity contribution >= 4 is 34.9 Å². The van der Waals surface area contributed by atoms with Gasteiger partial charge in [-0.15, -0.1) is 0 Å². The summed E-state index contributed by atoms with van der Waals surface area (Å²) in [6.07, 6.45) is -4.71. The van der Waals surface area contributed by atoms with Crippen LogP contribution in [0.1, 0.15) is 15.9 Å². The summed E-state index contributed by atoms with van der Waals surface area (Å²) in [4.78, 5) is 10.5. The number of carbonyl (C=O) groups excluding carboxylic acids is 1. The SMILES string of the molecule is COC(=O)c1cc(C(F)(F)F)ccc1S(N)(=O)=O.[LiH]. The summed E-state index contributed by atoms with van der Waals surface area (Å²) in [7, 11) is -3.41. The number of hydrogen-bond acceptors (Lipinski definition) is 4. The van der Waals surface area contributed by atoms with E-state index in [0.717, 1.165) is 7.11 Å². The molecule has 10 heteroatoms. The first-order valence-corrected chi connectivity index (χ1v) is 5.94. The molecule has 19 heavy (non-hydrogen) atoms. The molecule has 0 aliphatic carbocycles. The fourth-order valence-corrected chi connectivity index (χ4v) is 1.93. The molecule has 102 valence electrons. The monoisotopic (exact) mass is 291 g/mol. The van der Waals surface area contributed by atoms with E-state index in [1.165, 1.54) is 0 Å². The number of methoxy groups -OCH3 is 1. The molecule has 0 radical (unpaired) electrons. The van der Waals surface area contributed by atoms with E-state index in [1.54, 1.807) is 0 Å². The zero-order valence-corrected chi connectivity index (χ0v) is 9.80. The Hall–Kier alpha value is -1.01. The van der Waals surface area contributed by atoms with Gasteiger partial charge in [0.1, 0.15) is 0 Å². The molecule has 1 aromatic carbocycles. The average Bonchev–Trinajstić information content (AvgIpc) is 2.24. The van der Waals surface area contributed by atoms with E-state index in [0.29, 0.717) is 18.2 Å². The number of sulfonamides is 1. The van der Waals surface area contributed by atoms with Crippen molar-refractivity contribution in [2.24, 2.45) is 5.14 Å². The van der Waals surface area contributed by atoms with Crippen molar-refractivity contribution in [2.45, 2.75) is 11.1 Å². The molecule has 0 bridgehead atoms. The van der Waals surface area contributed by atoms with Crippen LogP contribution in [0.15, 0.2) is 23.1 Å². The zero-order chi connectivity index (χ0) is 14.1. The Bertz CT molecular complexity index is 586. The van der Waals surface area contributed by atoms with Gasteiger partial charge in [0.05, 0.1) is 23.1 Å². The summed E-state index contributed by atoms with van der Waals surface area (Å²) >= 11 is 0. The third kappa shape index (κ3) is 4.24. The van der Waals surface area contributed by atoms with Crippen LogP contribution in [0.5, 0.6) is 0 Å². The molecule has 0 saturated heterocycles. The van der Waals surface area contributed by atoms with Crippen LogP contribution in [0, 0.1) is 0 Å². The summed E-state index contributed by atoms with van der Waals surface area (Å²) in [5, 5.41) is 4.79. The minimum atomic E-state index is -4.71. The number of halogens is 3. The van der Waals surface area contributed by atoms with Crippen molar-refractivity contribution in [3.05, 3.63) is 29.3 Å². The van der Waals surface area contributed by atoms with E-state index in [4.69, 9.17) is 5.14 Å². The number of primary sulfonamides is 1. The molecule has 0 unspecified atom stereocenters. The van der Waals surface area contributed by atoms with Gasteiger partial charge in [0.25, 0.3) is 0 Å². The van der Waals surface area contributed by atoms with Gasteiger partial charge in [0, 0.05) is 0 Å². The number of rotatable bonds is 2. The molecule has 2 N–H and O–H groups in total. The fraction of sp³-hybridized carbons (Fsp3) is 0.222. The van der Waals surface area contributed by atoms with E-state index in [1.807, 2.05) is 0 Å². The van der Waals surface area contributed by atoms with Gasteiger partial charge in [-0.05, 0) is 18.2 Å². The van der Waals surface area contributed by atoms with Gasteiger partial charge >= 0.3 is 31.0 Å². The van der Waals surface area contributed by atoms with Crippen LogP contribution in [0.2, 0.25) is 0 Å². The van der Waals surface area contributed by atoms with Crippen molar-refractivity contribution in [2.75, 3.05) is 7.11 Å². The van der Waals surface area contributed by atoms with Gasteiger partial charge in [-0.2, -0.15) is 13.2 Å². The van der Waals surface area contributed by atoms with E-state index in [9.17, 15) is 26.4 Å². The van der Waals surface area contributed by atoms with Crippen molar-refractivity contribution < 1.29 is 31.1 Å². The molecule has 0 aromatic heterocycles. The Kier molecular flexibility index (Phi) is 5.64. The molecule has 0 atom stereocenters. The molecule has 0 heterocycles. The van der Waals surface area contributed by atoms with Crippen LogP contribution < -0.4 is 5.14 Å². The van der Waals surface area contributed by atoms with Gasteiger partial charge in [-0.3, -0.25) is 0 Å². The number of benzene rings is 1. The van der Waals surface area contributed by atoms with Crippen LogP contribution >= 0.6 is 0 Å². The van der Waals surface area contributed by atoms with E-state index in [2.05, 4.69) is 4.74 Å². The van der Waals surface area contributed by atoms with Crippen LogP contribution in [0.4, 0.5) is 13.2 Å². The van der Waals surface area contributed by atoms with Gasteiger partial charge < -0.3 is 4.74 Å². The van der Waals surface area contributed by atoms with Crippen LogP contribution in [0.3, 0.4) is 0 Å². The first-order chi connectivity index (χ1) is 8.07. The average molecular weight is 291 g/mol. The molecule has 5 nitrogen and oxygen atoms in total. The van der Waals surface area contributed by atoms with Crippen LogP contribution in [-0.4, -0.2) is 40.4 Å². The molecule has 1 rings (SSSR count). The second-order valence-corrected chi connectivity index (χ2v) is 4.78. The maximum atomic E-state index is 12.4. The van der Waals surface area contributed by atoms with Gasteiger partial charge in [0.2, 0.25) is 10.0 Å². The molecule has 0 aliphatic heterocycles. The second kappa shape index (κ2) is 5.96. The molecule has 0 spiro atoms. The topological polar surface area (TPSA) is 86.5 Å². The molecule has 1 aromatic rings. The Labute approximate surface area is 119 Å². The standard InChI is InChI=1S/C9H8F3NO4S.Li.H/c1-17-8(14)6-4-5(9(10,11)12)2-3-7(6)18(13,15)16;;/h2-4H,1H3,(H2,13,15,16);;. The molecular formula is C9H9F3LiNO4S. The minimum absolute atomic E-state index is 0. The number of carbonyl (C=O) groups is 1. The van der Waals surface area contributed by atoms with Gasteiger partial charge in [0.15, 0.2) is 0 Å². The summed E-state index contributed by atoms with van der Waals surface area (Å²) in [6, 6.07) is 1.52.